The first-order valence-electron chi connectivity index (χ1n) is 6.58. The van der Waals surface area contributed by atoms with Gasteiger partial charge in [0, 0.05) is 25.2 Å². The lowest BCUT2D eigenvalue weighted by Crippen LogP contribution is -2.28. The highest BCUT2D eigenvalue weighted by Crippen LogP contribution is 2.32. The van der Waals surface area contributed by atoms with Gasteiger partial charge < -0.3 is 19.7 Å². The van der Waals surface area contributed by atoms with Gasteiger partial charge in [0.1, 0.15) is 0 Å². The van der Waals surface area contributed by atoms with Gasteiger partial charge in [0.15, 0.2) is 11.5 Å². The molecule has 0 aromatic heterocycles. The monoisotopic (exact) mass is 288 g/mol. The van der Waals surface area contributed by atoms with Crippen molar-refractivity contribution < 1.29 is 18.3 Å². The number of nitrogens with one attached hydrogen (secondary N) is 1. The molecule has 0 radical (unpaired) electrons. The molecule has 0 spiro atoms. The number of ether oxygens (including phenoxy) is 2. The molecule has 114 valence electrons. The number of hydrogen-bond donors (Lipinski definition) is 1. The summed E-state index contributed by atoms with van der Waals surface area (Å²) in [6.45, 7) is 2.31. The van der Waals surface area contributed by atoms with Gasteiger partial charge in [0.25, 0.3) is 0 Å². The number of methoxy groups -OCH3 is 1. The second-order valence-corrected chi connectivity index (χ2v) is 4.40. The fourth-order valence-electron chi connectivity index (χ4n) is 1.74. The van der Waals surface area contributed by atoms with Crippen LogP contribution >= 0.6 is 0 Å². The van der Waals surface area contributed by atoms with Gasteiger partial charge in [-0.1, -0.05) is 19.1 Å². The molecule has 0 aliphatic carbocycles. The van der Waals surface area contributed by atoms with Crippen LogP contribution in [0.25, 0.3) is 0 Å². The van der Waals surface area contributed by atoms with Crippen LogP contribution in [0.1, 0.15) is 12.5 Å². The molecule has 1 rings (SSSR count). The minimum absolute atomic E-state index is 0.0985. The summed E-state index contributed by atoms with van der Waals surface area (Å²) >= 11 is 0. The van der Waals surface area contributed by atoms with Gasteiger partial charge in [-0.2, -0.15) is 8.78 Å². The number of nitrogens with zero attached hydrogens (tertiary/aromatic N) is 1. The van der Waals surface area contributed by atoms with Crippen molar-refractivity contribution in [1.82, 2.24) is 10.2 Å². The van der Waals surface area contributed by atoms with Crippen LogP contribution < -0.4 is 14.8 Å². The molecule has 0 heterocycles. The third-order valence-electron chi connectivity index (χ3n) is 3.01. The Morgan fingerprint density at radius 1 is 1.35 bits per heavy atom. The van der Waals surface area contributed by atoms with Crippen molar-refractivity contribution in [1.29, 1.82) is 0 Å². The van der Waals surface area contributed by atoms with Crippen LogP contribution in [-0.2, 0) is 6.54 Å². The molecule has 0 atom stereocenters. The normalized spacial score (nSPS) is 11.2. The van der Waals surface area contributed by atoms with Gasteiger partial charge in [-0.15, -0.1) is 0 Å². The highest BCUT2D eigenvalue weighted by molar-refractivity contribution is 5.46. The van der Waals surface area contributed by atoms with Gasteiger partial charge in [0.2, 0.25) is 0 Å². The average Bonchev–Trinajstić information content (AvgIpc) is 2.43. The Balaban J connectivity index is 2.64. The zero-order chi connectivity index (χ0) is 15.0. The molecule has 0 saturated carbocycles. The largest absolute Gasteiger partial charge is 0.493 e. The Kier molecular flexibility index (Phi) is 7.25. The first kappa shape index (κ1) is 16.7. The highest BCUT2D eigenvalue weighted by atomic mass is 19.3. The molecule has 6 heteroatoms. The van der Waals surface area contributed by atoms with E-state index in [0.717, 1.165) is 19.6 Å². The first-order chi connectivity index (χ1) is 9.58. The van der Waals surface area contributed by atoms with Gasteiger partial charge in [-0.3, -0.25) is 0 Å². The molecule has 1 aromatic carbocycles. The summed E-state index contributed by atoms with van der Waals surface area (Å²) in [5.41, 5.74) is 0.656. The molecule has 0 aliphatic heterocycles. The molecular formula is C14H22F2N2O2. The summed E-state index contributed by atoms with van der Waals surface area (Å²) in [4.78, 5) is 2.16. The van der Waals surface area contributed by atoms with Crippen molar-refractivity contribution in [2.75, 3.05) is 33.8 Å². The van der Waals surface area contributed by atoms with Crippen LogP contribution in [0.2, 0.25) is 0 Å². The topological polar surface area (TPSA) is 33.7 Å². The van der Waals surface area contributed by atoms with Crippen LogP contribution in [-0.4, -0.2) is 45.3 Å². The molecule has 0 amide bonds. The van der Waals surface area contributed by atoms with E-state index in [1.165, 1.54) is 7.11 Å². The number of halogens is 2. The molecule has 1 N–H and O–H groups in total. The van der Waals surface area contributed by atoms with Crippen molar-refractivity contribution >= 4 is 0 Å². The lowest BCUT2D eigenvalue weighted by molar-refractivity contribution is -0.0518. The van der Waals surface area contributed by atoms with Crippen LogP contribution in [0.3, 0.4) is 0 Å². The van der Waals surface area contributed by atoms with Crippen molar-refractivity contribution in [3.05, 3.63) is 23.8 Å². The molecule has 4 nitrogen and oxygen atoms in total. The Morgan fingerprint density at radius 2 is 2.10 bits per heavy atom. The van der Waals surface area contributed by atoms with E-state index in [2.05, 4.69) is 21.9 Å². The zero-order valence-electron chi connectivity index (χ0n) is 12.2. The van der Waals surface area contributed by atoms with E-state index in [9.17, 15) is 8.78 Å². The van der Waals surface area contributed by atoms with E-state index in [4.69, 9.17) is 4.74 Å². The summed E-state index contributed by atoms with van der Waals surface area (Å²) in [6, 6.07) is 5.11. The zero-order valence-corrected chi connectivity index (χ0v) is 12.2. The third kappa shape index (κ3) is 5.30. The summed E-state index contributed by atoms with van der Waals surface area (Å²) in [5, 5.41) is 3.21. The minimum Gasteiger partial charge on any atom is -0.493 e. The molecular weight excluding hydrogens is 266 g/mol. The van der Waals surface area contributed by atoms with Crippen molar-refractivity contribution in [2.45, 2.75) is 20.1 Å². The second kappa shape index (κ2) is 8.71. The standard InChI is InChI=1S/C14H22F2N2O2/c1-4-18(2)9-8-17-10-11-6-5-7-12(19-3)13(11)20-14(15)16/h5-7,14,17H,4,8-10H2,1-3H3. The van der Waals surface area contributed by atoms with Crippen LogP contribution in [0.4, 0.5) is 8.78 Å². The second-order valence-electron chi connectivity index (χ2n) is 4.40. The number of benzene rings is 1. The quantitative estimate of drug-likeness (QED) is 0.707. The maximum atomic E-state index is 12.5. The predicted molar refractivity (Wildman–Crippen MR) is 74.5 cm³/mol. The maximum Gasteiger partial charge on any atom is 0.387 e. The number of alkyl halides is 2. The molecule has 0 bridgehead atoms. The van der Waals surface area contributed by atoms with Crippen LogP contribution in [0.15, 0.2) is 18.2 Å². The van der Waals surface area contributed by atoms with E-state index in [1.54, 1.807) is 18.2 Å². The van der Waals surface area contributed by atoms with Crippen molar-refractivity contribution in [3.63, 3.8) is 0 Å². The Morgan fingerprint density at radius 3 is 2.70 bits per heavy atom. The van der Waals surface area contributed by atoms with Crippen molar-refractivity contribution in [2.24, 2.45) is 0 Å². The lowest BCUT2D eigenvalue weighted by atomic mass is 10.2. The van der Waals surface area contributed by atoms with E-state index in [1.807, 2.05) is 7.05 Å². The third-order valence-corrected chi connectivity index (χ3v) is 3.01. The average molecular weight is 288 g/mol. The van der Waals surface area contributed by atoms with Crippen molar-refractivity contribution in [3.8, 4) is 11.5 Å². The smallest absolute Gasteiger partial charge is 0.387 e. The summed E-state index contributed by atoms with van der Waals surface area (Å²) in [5.74, 6) is 0.414. The number of hydrogen-bond acceptors (Lipinski definition) is 4. The number of para-hydroxylation sites is 1. The summed E-state index contributed by atoms with van der Waals surface area (Å²) in [7, 11) is 3.46. The van der Waals surface area contributed by atoms with Gasteiger partial charge >= 0.3 is 6.61 Å². The molecule has 0 unspecified atom stereocenters. The Bertz CT molecular complexity index is 403. The molecule has 0 fully saturated rings. The predicted octanol–water partition coefficient (Wildman–Crippen LogP) is 2.34. The fourth-order valence-corrected chi connectivity index (χ4v) is 1.74. The van der Waals surface area contributed by atoms with E-state index in [-0.39, 0.29) is 5.75 Å². The van der Waals surface area contributed by atoms with E-state index < -0.39 is 6.61 Å². The molecule has 0 saturated heterocycles. The van der Waals surface area contributed by atoms with Gasteiger partial charge in [-0.25, -0.2) is 0 Å². The molecule has 20 heavy (non-hydrogen) atoms. The number of rotatable bonds is 9. The van der Waals surface area contributed by atoms with Gasteiger partial charge in [0.05, 0.1) is 7.11 Å². The van der Waals surface area contributed by atoms with Crippen LogP contribution in [0.5, 0.6) is 11.5 Å². The van der Waals surface area contributed by atoms with Crippen LogP contribution in [0, 0.1) is 0 Å². The Labute approximate surface area is 118 Å². The summed E-state index contributed by atoms with van der Waals surface area (Å²) < 4.78 is 34.5. The lowest BCUT2D eigenvalue weighted by Gasteiger charge is -2.16. The first-order valence-corrected chi connectivity index (χ1v) is 6.58. The van der Waals surface area contributed by atoms with E-state index in [0.29, 0.717) is 17.9 Å². The summed E-state index contributed by atoms with van der Waals surface area (Å²) in [6.07, 6.45) is 0. The number of likely N-dealkylation sites (N-methyl/N-ethyl adjacent to an activating group) is 1. The van der Waals surface area contributed by atoms with E-state index >= 15 is 0 Å². The Hall–Kier alpha value is -1.40. The molecule has 1 aromatic rings. The fraction of sp³-hybridized carbons (Fsp3) is 0.571. The maximum absolute atomic E-state index is 12.5. The SMILES string of the molecule is CCN(C)CCNCc1cccc(OC)c1OC(F)F. The highest BCUT2D eigenvalue weighted by Gasteiger charge is 2.14. The molecule has 0 aliphatic rings. The van der Waals surface area contributed by atoms with Gasteiger partial charge in [-0.05, 0) is 19.7 Å². The minimum atomic E-state index is -2.86.